The number of nitrogens with two attached hydrogens (primary N) is 1. The minimum Gasteiger partial charge on any atom is -0.493 e. The largest absolute Gasteiger partial charge is 0.493 e. The van der Waals surface area contributed by atoms with E-state index in [1.54, 1.807) is 13.2 Å². The Bertz CT molecular complexity index is 537. The van der Waals surface area contributed by atoms with Crippen LogP contribution in [0.25, 0.3) is 0 Å². The predicted octanol–water partition coefficient (Wildman–Crippen LogP) is 2.87. The molecule has 1 aromatic rings. The average Bonchev–Trinajstić information content (AvgIpc) is 2.55. The van der Waals surface area contributed by atoms with Gasteiger partial charge < -0.3 is 20.1 Å². The van der Waals surface area contributed by atoms with Crippen LogP contribution in [-0.4, -0.2) is 37.6 Å². The molecule has 0 unspecified atom stereocenters. The van der Waals surface area contributed by atoms with Gasteiger partial charge >= 0.3 is 0 Å². The number of nitrogens with zero attached hydrogens (tertiary/aromatic N) is 1. The lowest BCUT2D eigenvalue weighted by atomic mass is 9.98. The molecule has 1 saturated heterocycles. The molecule has 0 saturated carbocycles. The molecule has 1 aliphatic rings. The fraction of sp³-hybridized carbons (Fsp3) is 0.611. The van der Waals surface area contributed by atoms with Gasteiger partial charge in [0.15, 0.2) is 11.5 Å². The summed E-state index contributed by atoms with van der Waals surface area (Å²) < 4.78 is 11.1. The van der Waals surface area contributed by atoms with Gasteiger partial charge in [-0.1, -0.05) is 6.92 Å². The first-order valence-corrected chi connectivity index (χ1v) is 8.42. The molecule has 1 aromatic carbocycles. The van der Waals surface area contributed by atoms with Crippen LogP contribution in [0.2, 0.25) is 0 Å². The molecular formula is C18H28N2O3. The van der Waals surface area contributed by atoms with E-state index in [2.05, 4.69) is 6.92 Å². The molecule has 23 heavy (non-hydrogen) atoms. The molecule has 128 valence electrons. The summed E-state index contributed by atoms with van der Waals surface area (Å²) >= 11 is 0. The lowest BCUT2D eigenvalue weighted by Gasteiger charge is -2.30. The van der Waals surface area contributed by atoms with Crippen LogP contribution in [0.5, 0.6) is 11.5 Å². The molecule has 0 bridgehead atoms. The van der Waals surface area contributed by atoms with Crippen molar-refractivity contribution >= 4 is 11.6 Å². The Hall–Kier alpha value is -1.91. The number of aryl methyl sites for hydroxylation is 1. The van der Waals surface area contributed by atoms with Gasteiger partial charge in [-0.2, -0.15) is 0 Å². The number of carbonyl (C=O) groups excluding carboxylic acids is 1. The summed E-state index contributed by atoms with van der Waals surface area (Å²) in [7, 11) is 1.60. The zero-order chi connectivity index (χ0) is 16.8. The van der Waals surface area contributed by atoms with E-state index in [1.807, 2.05) is 17.9 Å². The fourth-order valence-electron chi connectivity index (χ4n) is 2.99. The number of piperidine rings is 1. The van der Waals surface area contributed by atoms with E-state index in [9.17, 15) is 4.79 Å². The Morgan fingerprint density at radius 1 is 1.35 bits per heavy atom. The summed E-state index contributed by atoms with van der Waals surface area (Å²) in [5.41, 5.74) is 7.49. The molecule has 2 N–H and O–H groups in total. The minimum atomic E-state index is 0.209. The standard InChI is InChI=1S/C18H28N2O3/c1-4-23-18-14(11-15(19)12-16(18)22-3)5-6-17(21)20-9-7-13(2)8-10-20/h11-13H,4-10,19H2,1-3H3. The monoisotopic (exact) mass is 320 g/mol. The summed E-state index contributed by atoms with van der Waals surface area (Å²) in [4.78, 5) is 14.4. The molecule has 0 aromatic heterocycles. The Kier molecular flexibility index (Phi) is 6.13. The summed E-state index contributed by atoms with van der Waals surface area (Å²) in [5, 5.41) is 0. The maximum absolute atomic E-state index is 12.4. The van der Waals surface area contributed by atoms with Crippen molar-refractivity contribution in [1.29, 1.82) is 0 Å². The first-order chi connectivity index (χ1) is 11.0. The van der Waals surface area contributed by atoms with E-state index in [-0.39, 0.29) is 5.91 Å². The van der Waals surface area contributed by atoms with Gasteiger partial charge in [0, 0.05) is 36.8 Å². The number of hydrogen-bond acceptors (Lipinski definition) is 4. The number of ether oxygens (including phenoxy) is 2. The number of amides is 1. The highest BCUT2D eigenvalue weighted by molar-refractivity contribution is 5.76. The third-order valence-electron chi connectivity index (χ3n) is 4.41. The van der Waals surface area contributed by atoms with E-state index in [0.29, 0.717) is 36.6 Å². The van der Waals surface area contributed by atoms with Gasteiger partial charge in [-0.25, -0.2) is 0 Å². The Balaban J connectivity index is 2.04. The molecule has 5 nitrogen and oxygen atoms in total. The van der Waals surface area contributed by atoms with Gasteiger partial charge in [0.2, 0.25) is 5.91 Å². The van der Waals surface area contributed by atoms with Gasteiger partial charge in [-0.3, -0.25) is 4.79 Å². The van der Waals surface area contributed by atoms with Crippen molar-refractivity contribution in [2.75, 3.05) is 32.5 Å². The van der Waals surface area contributed by atoms with Crippen molar-refractivity contribution in [2.45, 2.75) is 39.5 Å². The normalized spacial score (nSPS) is 15.5. The van der Waals surface area contributed by atoms with Crippen LogP contribution in [0, 0.1) is 5.92 Å². The topological polar surface area (TPSA) is 64.8 Å². The van der Waals surface area contributed by atoms with Gasteiger partial charge in [0.25, 0.3) is 0 Å². The first kappa shape index (κ1) is 17.4. The van der Waals surface area contributed by atoms with Crippen molar-refractivity contribution in [2.24, 2.45) is 5.92 Å². The second-order valence-electron chi connectivity index (χ2n) is 6.21. The van der Waals surface area contributed by atoms with E-state index in [0.717, 1.165) is 37.4 Å². The molecule has 1 heterocycles. The van der Waals surface area contributed by atoms with Crippen LogP contribution < -0.4 is 15.2 Å². The van der Waals surface area contributed by atoms with Crippen molar-refractivity contribution < 1.29 is 14.3 Å². The molecule has 0 atom stereocenters. The predicted molar refractivity (Wildman–Crippen MR) is 91.9 cm³/mol. The van der Waals surface area contributed by atoms with Crippen molar-refractivity contribution in [3.63, 3.8) is 0 Å². The Morgan fingerprint density at radius 3 is 2.65 bits per heavy atom. The second kappa shape index (κ2) is 8.09. The first-order valence-electron chi connectivity index (χ1n) is 8.42. The number of benzene rings is 1. The summed E-state index contributed by atoms with van der Waals surface area (Å²) in [6, 6.07) is 3.63. The van der Waals surface area contributed by atoms with Crippen LogP contribution in [0.1, 0.15) is 38.7 Å². The second-order valence-corrected chi connectivity index (χ2v) is 6.21. The maximum Gasteiger partial charge on any atom is 0.222 e. The van der Waals surface area contributed by atoms with E-state index < -0.39 is 0 Å². The number of hydrogen-bond donors (Lipinski definition) is 1. The lowest BCUT2D eigenvalue weighted by molar-refractivity contribution is -0.132. The minimum absolute atomic E-state index is 0.209. The van der Waals surface area contributed by atoms with Crippen LogP contribution >= 0.6 is 0 Å². The summed E-state index contributed by atoms with van der Waals surface area (Å²) in [6.07, 6.45) is 3.28. The van der Waals surface area contributed by atoms with Crippen LogP contribution in [0.15, 0.2) is 12.1 Å². The molecule has 2 rings (SSSR count). The van der Waals surface area contributed by atoms with Crippen molar-refractivity contribution in [3.05, 3.63) is 17.7 Å². The van der Waals surface area contributed by atoms with Crippen molar-refractivity contribution in [1.82, 2.24) is 4.90 Å². The zero-order valence-corrected chi connectivity index (χ0v) is 14.4. The van der Waals surface area contributed by atoms with E-state index >= 15 is 0 Å². The molecule has 5 heteroatoms. The molecule has 1 fully saturated rings. The molecule has 0 aliphatic carbocycles. The number of likely N-dealkylation sites (tertiary alicyclic amines) is 1. The Labute approximate surface area is 138 Å². The number of anilines is 1. The molecule has 0 radical (unpaired) electrons. The van der Waals surface area contributed by atoms with E-state index in [1.165, 1.54) is 0 Å². The van der Waals surface area contributed by atoms with Gasteiger partial charge in [0.05, 0.1) is 13.7 Å². The van der Waals surface area contributed by atoms with Gasteiger partial charge in [-0.05, 0) is 38.2 Å². The number of carbonyl (C=O) groups is 1. The van der Waals surface area contributed by atoms with Gasteiger partial charge in [0.1, 0.15) is 0 Å². The zero-order valence-electron chi connectivity index (χ0n) is 14.4. The smallest absolute Gasteiger partial charge is 0.222 e. The lowest BCUT2D eigenvalue weighted by Crippen LogP contribution is -2.38. The van der Waals surface area contributed by atoms with Crippen molar-refractivity contribution in [3.8, 4) is 11.5 Å². The molecular weight excluding hydrogens is 292 g/mol. The maximum atomic E-state index is 12.4. The fourth-order valence-corrected chi connectivity index (χ4v) is 2.99. The number of rotatable bonds is 6. The summed E-state index contributed by atoms with van der Waals surface area (Å²) in [5.74, 6) is 2.26. The highest BCUT2D eigenvalue weighted by atomic mass is 16.5. The average molecular weight is 320 g/mol. The number of nitrogen functional groups attached to an aromatic ring is 1. The van der Waals surface area contributed by atoms with Crippen LogP contribution in [0.3, 0.4) is 0 Å². The molecule has 1 amide bonds. The highest BCUT2D eigenvalue weighted by Gasteiger charge is 2.21. The van der Waals surface area contributed by atoms with Gasteiger partial charge in [-0.15, -0.1) is 0 Å². The van der Waals surface area contributed by atoms with E-state index in [4.69, 9.17) is 15.2 Å². The molecule has 1 aliphatic heterocycles. The van der Waals surface area contributed by atoms with Crippen LogP contribution in [0.4, 0.5) is 5.69 Å². The third kappa shape index (κ3) is 4.53. The Morgan fingerprint density at radius 2 is 2.04 bits per heavy atom. The number of methoxy groups -OCH3 is 1. The van der Waals surface area contributed by atoms with Crippen LogP contribution in [-0.2, 0) is 11.2 Å². The quantitative estimate of drug-likeness (QED) is 0.819. The third-order valence-corrected chi connectivity index (χ3v) is 4.41. The highest BCUT2D eigenvalue weighted by Crippen LogP contribution is 2.35. The summed E-state index contributed by atoms with van der Waals surface area (Å²) in [6.45, 7) is 6.47. The SMILES string of the molecule is CCOc1c(CCC(=O)N2CCC(C)CC2)cc(N)cc1OC. The molecule has 0 spiro atoms.